The van der Waals surface area contributed by atoms with Crippen LogP contribution in [-0.4, -0.2) is 19.5 Å². The predicted molar refractivity (Wildman–Crippen MR) is 111 cm³/mol. The van der Waals surface area contributed by atoms with Crippen LogP contribution in [-0.2, 0) is 0 Å². The van der Waals surface area contributed by atoms with Gasteiger partial charge in [0.2, 0.25) is 5.78 Å². The Balaban J connectivity index is 1.75. The number of Topliss-reactive ketones (excluding diaryl/α,β-unsaturated/α-hetero) is 1. The van der Waals surface area contributed by atoms with Crippen LogP contribution < -0.4 is 14.2 Å². The van der Waals surface area contributed by atoms with E-state index in [2.05, 4.69) is 6.92 Å². The van der Waals surface area contributed by atoms with Gasteiger partial charge in [-0.3, -0.25) is 4.79 Å². The fourth-order valence-corrected chi connectivity index (χ4v) is 3.20. The molecule has 0 aliphatic carbocycles. The molecule has 0 aromatic heterocycles. The fraction of sp³-hybridized carbons (Fsp3) is 0.375. The number of hydrogen-bond donors (Lipinski definition) is 0. The molecule has 1 aliphatic rings. The Bertz CT molecular complexity index is 896. The van der Waals surface area contributed by atoms with E-state index in [0.29, 0.717) is 35.2 Å². The van der Waals surface area contributed by atoms with Crippen LogP contribution in [0.3, 0.4) is 0 Å². The van der Waals surface area contributed by atoms with E-state index < -0.39 is 0 Å². The number of benzene rings is 2. The molecule has 0 fully saturated rings. The number of ether oxygens (including phenoxy) is 3. The van der Waals surface area contributed by atoms with Crippen molar-refractivity contribution in [3.8, 4) is 17.2 Å². The molecule has 148 valence electrons. The smallest absolute Gasteiger partial charge is 0.231 e. The van der Waals surface area contributed by atoms with Gasteiger partial charge in [0.05, 0.1) is 19.3 Å². The minimum atomic E-state index is -0.0895. The normalized spacial score (nSPS) is 14.1. The molecule has 0 unspecified atom stereocenters. The lowest BCUT2D eigenvalue weighted by Gasteiger charge is -2.11. The third-order valence-electron chi connectivity index (χ3n) is 5.03. The maximum Gasteiger partial charge on any atom is 0.231 e. The van der Waals surface area contributed by atoms with Gasteiger partial charge >= 0.3 is 0 Å². The van der Waals surface area contributed by atoms with Gasteiger partial charge in [0, 0.05) is 0 Å². The standard InChI is InChI=1S/C24H28O4/c1-5-6-7-8-11-27-20-10-9-18(14-22(20)26-4)15-23-24(25)19-12-16(2)17(3)13-21(19)28-23/h9-10,12-15H,5-8,11H2,1-4H3/b23-15-. The average Bonchev–Trinajstić information content (AvgIpc) is 2.97. The number of carbonyl (C=O) groups excluding carboxylic acids is 1. The molecule has 0 spiro atoms. The first-order valence-corrected chi connectivity index (χ1v) is 9.89. The summed E-state index contributed by atoms with van der Waals surface area (Å²) in [7, 11) is 1.62. The summed E-state index contributed by atoms with van der Waals surface area (Å²) in [6, 6.07) is 9.47. The van der Waals surface area contributed by atoms with E-state index in [0.717, 1.165) is 23.1 Å². The van der Waals surface area contributed by atoms with Gasteiger partial charge < -0.3 is 14.2 Å². The van der Waals surface area contributed by atoms with Crippen LogP contribution in [0.4, 0.5) is 0 Å². The lowest BCUT2D eigenvalue weighted by atomic mass is 10.0. The summed E-state index contributed by atoms with van der Waals surface area (Å²) in [5.74, 6) is 2.23. The number of rotatable bonds is 8. The van der Waals surface area contributed by atoms with E-state index in [9.17, 15) is 4.79 Å². The van der Waals surface area contributed by atoms with Crippen molar-refractivity contribution in [2.75, 3.05) is 13.7 Å². The van der Waals surface area contributed by atoms with E-state index in [1.807, 2.05) is 44.2 Å². The Hall–Kier alpha value is -2.75. The van der Waals surface area contributed by atoms with E-state index in [1.54, 1.807) is 13.2 Å². The monoisotopic (exact) mass is 380 g/mol. The molecule has 0 saturated carbocycles. The van der Waals surface area contributed by atoms with Gasteiger partial charge in [-0.2, -0.15) is 0 Å². The van der Waals surface area contributed by atoms with Gasteiger partial charge in [-0.05, 0) is 67.3 Å². The number of methoxy groups -OCH3 is 1. The molecule has 0 radical (unpaired) electrons. The highest BCUT2D eigenvalue weighted by molar-refractivity contribution is 6.14. The summed E-state index contributed by atoms with van der Waals surface area (Å²) < 4.78 is 17.1. The van der Waals surface area contributed by atoms with Crippen LogP contribution in [0, 0.1) is 13.8 Å². The highest BCUT2D eigenvalue weighted by Crippen LogP contribution is 2.35. The topological polar surface area (TPSA) is 44.8 Å². The zero-order valence-electron chi connectivity index (χ0n) is 17.1. The minimum Gasteiger partial charge on any atom is -0.493 e. The Kier molecular flexibility index (Phi) is 6.40. The van der Waals surface area contributed by atoms with Crippen molar-refractivity contribution in [3.05, 3.63) is 58.3 Å². The average molecular weight is 380 g/mol. The molecule has 3 rings (SSSR count). The van der Waals surface area contributed by atoms with Gasteiger partial charge in [0.15, 0.2) is 17.3 Å². The highest BCUT2D eigenvalue weighted by atomic mass is 16.5. The quantitative estimate of drug-likeness (QED) is 0.423. The van der Waals surface area contributed by atoms with Crippen molar-refractivity contribution in [2.45, 2.75) is 46.5 Å². The highest BCUT2D eigenvalue weighted by Gasteiger charge is 2.28. The molecule has 1 aliphatic heterocycles. The maximum absolute atomic E-state index is 12.7. The van der Waals surface area contributed by atoms with Gasteiger partial charge in [-0.25, -0.2) is 0 Å². The van der Waals surface area contributed by atoms with Gasteiger partial charge in [0.25, 0.3) is 0 Å². The molecular weight excluding hydrogens is 352 g/mol. The lowest BCUT2D eigenvalue weighted by molar-refractivity contribution is 0.101. The van der Waals surface area contributed by atoms with Crippen LogP contribution in [0.25, 0.3) is 6.08 Å². The van der Waals surface area contributed by atoms with Crippen molar-refractivity contribution < 1.29 is 19.0 Å². The maximum atomic E-state index is 12.7. The van der Waals surface area contributed by atoms with Crippen molar-refractivity contribution in [1.29, 1.82) is 0 Å². The number of hydrogen-bond acceptors (Lipinski definition) is 4. The molecule has 0 saturated heterocycles. The molecule has 4 nitrogen and oxygen atoms in total. The third-order valence-corrected chi connectivity index (χ3v) is 5.03. The Morgan fingerprint density at radius 1 is 1.00 bits per heavy atom. The van der Waals surface area contributed by atoms with Gasteiger partial charge in [-0.1, -0.05) is 32.3 Å². The largest absolute Gasteiger partial charge is 0.493 e. The lowest BCUT2D eigenvalue weighted by Crippen LogP contribution is -2.00. The molecule has 0 amide bonds. The Morgan fingerprint density at radius 2 is 1.79 bits per heavy atom. The molecule has 0 bridgehead atoms. The molecule has 1 heterocycles. The molecule has 0 N–H and O–H groups in total. The first-order chi connectivity index (χ1) is 13.5. The van der Waals surface area contributed by atoms with Gasteiger partial charge in [0.1, 0.15) is 5.75 Å². The summed E-state index contributed by atoms with van der Waals surface area (Å²) in [4.78, 5) is 12.7. The third kappa shape index (κ3) is 4.38. The SMILES string of the molecule is CCCCCCOc1ccc(/C=C2\Oc3cc(C)c(C)cc3C2=O)cc1OC. The zero-order chi connectivity index (χ0) is 20.1. The number of ketones is 1. The zero-order valence-corrected chi connectivity index (χ0v) is 17.1. The van der Waals surface area contributed by atoms with Crippen molar-refractivity contribution in [1.82, 2.24) is 0 Å². The van der Waals surface area contributed by atoms with Crippen molar-refractivity contribution in [2.24, 2.45) is 0 Å². The predicted octanol–water partition coefficient (Wildman–Crippen LogP) is 5.89. The molecule has 4 heteroatoms. The summed E-state index contributed by atoms with van der Waals surface area (Å²) >= 11 is 0. The first kappa shape index (κ1) is 20.0. The summed E-state index contributed by atoms with van der Waals surface area (Å²) in [6.07, 6.45) is 6.38. The Labute approximate surface area is 167 Å². The Morgan fingerprint density at radius 3 is 2.54 bits per heavy atom. The van der Waals surface area contributed by atoms with Crippen LogP contribution in [0.1, 0.15) is 59.7 Å². The number of fused-ring (bicyclic) bond motifs is 1. The molecular formula is C24H28O4. The molecule has 2 aromatic rings. The summed E-state index contributed by atoms with van der Waals surface area (Å²) in [6.45, 7) is 6.87. The summed E-state index contributed by atoms with van der Waals surface area (Å²) in [5.41, 5.74) is 3.64. The first-order valence-electron chi connectivity index (χ1n) is 9.89. The van der Waals surface area contributed by atoms with Crippen molar-refractivity contribution in [3.63, 3.8) is 0 Å². The molecule has 0 atom stereocenters. The van der Waals surface area contributed by atoms with E-state index >= 15 is 0 Å². The number of carbonyl (C=O) groups is 1. The second-order valence-electron chi connectivity index (χ2n) is 7.19. The fourth-order valence-electron chi connectivity index (χ4n) is 3.20. The van der Waals surface area contributed by atoms with E-state index in [-0.39, 0.29) is 5.78 Å². The van der Waals surface area contributed by atoms with Crippen LogP contribution in [0.2, 0.25) is 0 Å². The van der Waals surface area contributed by atoms with Crippen molar-refractivity contribution >= 4 is 11.9 Å². The van der Waals surface area contributed by atoms with E-state index in [4.69, 9.17) is 14.2 Å². The van der Waals surface area contributed by atoms with Crippen LogP contribution in [0.15, 0.2) is 36.1 Å². The molecule has 2 aromatic carbocycles. The van der Waals surface area contributed by atoms with E-state index in [1.165, 1.54) is 19.3 Å². The van der Waals surface area contributed by atoms with Crippen LogP contribution in [0.5, 0.6) is 17.2 Å². The number of allylic oxidation sites excluding steroid dienone is 1. The number of aryl methyl sites for hydroxylation is 2. The minimum absolute atomic E-state index is 0.0895. The molecule has 28 heavy (non-hydrogen) atoms. The summed E-state index contributed by atoms with van der Waals surface area (Å²) in [5, 5.41) is 0. The second kappa shape index (κ2) is 8.96. The second-order valence-corrected chi connectivity index (χ2v) is 7.19. The van der Waals surface area contributed by atoms with Gasteiger partial charge in [-0.15, -0.1) is 0 Å². The number of unbranched alkanes of at least 4 members (excludes halogenated alkanes) is 3. The van der Waals surface area contributed by atoms with Crippen LogP contribution >= 0.6 is 0 Å².